The van der Waals surface area contributed by atoms with Crippen molar-refractivity contribution in [3.63, 3.8) is 0 Å². The molecule has 0 unspecified atom stereocenters. The van der Waals surface area contributed by atoms with Crippen LogP contribution in [0.15, 0.2) is 0 Å². The van der Waals surface area contributed by atoms with Crippen molar-refractivity contribution in [2.45, 2.75) is 37.8 Å². The zero-order valence-corrected chi connectivity index (χ0v) is 13.5. The smallest absolute Gasteiger partial charge is 0.548 e. The molecule has 0 aliphatic rings. The summed E-state index contributed by atoms with van der Waals surface area (Å²) in [6.45, 7) is 0. The van der Waals surface area contributed by atoms with Gasteiger partial charge in [-0.3, -0.25) is 14.4 Å². The van der Waals surface area contributed by atoms with Gasteiger partial charge in [-0.05, 0) is 12.8 Å². The van der Waals surface area contributed by atoms with Crippen LogP contribution in [0.5, 0.6) is 0 Å². The molecule has 0 spiro atoms. The van der Waals surface area contributed by atoms with Crippen molar-refractivity contribution < 1.29 is 69.2 Å². The number of carbonyl (C=O) groups excluding carboxylic acids is 1. The molecule has 0 heterocycles. The predicted molar refractivity (Wildman–Crippen MR) is 62.3 cm³/mol. The van der Waals surface area contributed by atoms with Crippen LogP contribution in [0.4, 0.5) is 0 Å². The molecule has 21 heavy (non-hydrogen) atoms. The zero-order chi connectivity index (χ0) is 16.3. The van der Waals surface area contributed by atoms with Crippen LogP contribution in [0.2, 0.25) is 0 Å². The summed E-state index contributed by atoms with van der Waals surface area (Å²) in [5.41, 5.74) is 9.94. The molecule has 0 aromatic rings. The van der Waals surface area contributed by atoms with E-state index in [0.717, 1.165) is 0 Å². The Hall–Kier alpha value is -1.20. The van der Waals surface area contributed by atoms with Crippen molar-refractivity contribution in [3.8, 4) is 0 Å². The SMILES string of the molecule is N[C@@H](CCC(=O)O)C(=O)O.N[C@@H](CCC(=O)O)C(=O)[O-].[Na+]. The third-order valence-corrected chi connectivity index (χ3v) is 1.96. The first-order chi connectivity index (χ1) is 9.07. The van der Waals surface area contributed by atoms with Gasteiger partial charge in [-0.2, -0.15) is 0 Å². The molecule has 0 aliphatic heterocycles. The second kappa shape index (κ2) is 13.8. The van der Waals surface area contributed by atoms with Crippen LogP contribution in [-0.2, 0) is 19.2 Å². The van der Waals surface area contributed by atoms with Crippen LogP contribution in [0, 0.1) is 0 Å². The summed E-state index contributed by atoms with van der Waals surface area (Å²) in [5, 5.41) is 34.2. The third kappa shape index (κ3) is 18.8. The molecule has 0 amide bonds. The van der Waals surface area contributed by atoms with Crippen LogP contribution < -0.4 is 46.1 Å². The van der Waals surface area contributed by atoms with E-state index < -0.39 is 36.0 Å². The Morgan fingerprint density at radius 3 is 1.43 bits per heavy atom. The molecule has 0 aliphatic carbocycles. The van der Waals surface area contributed by atoms with Gasteiger partial charge in [0.05, 0.1) is 5.97 Å². The van der Waals surface area contributed by atoms with Crippen LogP contribution >= 0.6 is 0 Å². The number of hydrogen-bond donors (Lipinski definition) is 5. The van der Waals surface area contributed by atoms with E-state index >= 15 is 0 Å². The van der Waals surface area contributed by atoms with Gasteiger partial charge < -0.3 is 36.7 Å². The van der Waals surface area contributed by atoms with Gasteiger partial charge in [0, 0.05) is 18.9 Å². The summed E-state index contributed by atoms with van der Waals surface area (Å²) >= 11 is 0. The van der Waals surface area contributed by atoms with Gasteiger partial charge in [0.25, 0.3) is 0 Å². The second-order valence-electron chi connectivity index (χ2n) is 3.74. The van der Waals surface area contributed by atoms with Crippen molar-refractivity contribution in [3.05, 3.63) is 0 Å². The van der Waals surface area contributed by atoms with Crippen LogP contribution in [0.3, 0.4) is 0 Å². The first-order valence-electron chi connectivity index (χ1n) is 5.46. The molecule has 0 bridgehead atoms. The van der Waals surface area contributed by atoms with Crippen molar-refractivity contribution >= 4 is 23.9 Å². The molecule has 0 rings (SSSR count). The fraction of sp³-hybridized carbons (Fsp3) is 0.600. The van der Waals surface area contributed by atoms with Gasteiger partial charge in [0.2, 0.25) is 0 Å². The maximum atomic E-state index is 9.99. The maximum Gasteiger partial charge on any atom is 1.00 e. The van der Waals surface area contributed by atoms with Gasteiger partial charge in [0.15, 0.2) is 0 Å². The molecular weight excluding hydrogens is 299 g/mol. The molecule has 116 valence electrons. The molecule has 0 saturated carbocycles. The maximum absolute atomic E-state index is 9.99. The molecule has 0 aromatic heterocycles. The molecule has 0 saturated heterocycles. The first kappa shape index (κ1) is 24.8. The standard InChI is InChI=1S/2C5H9NO4.Na/c2*6-3(5(9)10)1-2-4(7)8;/h2*3H,1-2,6H2,(H,7,8)(H,9,10);/q;;+1/p-1/t2*3-;/m00./s1. The quantitative estimate of drug-likeness (QED) is 0.268. The van der Waals surface area contributed by atoms with Gasteiger partial charge in [-0.15, -0.1) is 0 Å². The van der Waals surface area contributed by atoms with Crippen LogP contribution in [-0.4, -0.2) is 51.3 Å². The first-order valence-corrected chi connectivity index (χ1v) is 5.46. The Morgan fingerprint density at radius 1 is 0.857 bits per heavy atom. The summed E-state index contributed by atoms with van der Waals surface area (Å²) in [5.74, 6) is -4.67. The van der Waals surface area contributed by atoms with Gasteiger partial charge in [0.1, 0.15) is 6.04 Å². The fourth-order valence-corrected chi connectivity index (χ4v) is 0.799. The molecule has 0 fully saturated rings. The van der Waals surface area contributed by atoms with E-state index in [2.05, 4.69) is 0 Å². The van der Waals surface area contributed by atoms with E-state index in [1.54, 1.807) is 0 Å². The summed E-state index contributed by atoms with van der Waals surface area (Å²) < 4.78 is 0. The number of hydrogen-bond acceptors (Lipinski definition) is 7. The number of carboxylic acid groups (broad SMARTS) is 4. The van der Waals surface area contributed by atoms with Crippen molar-refractivity contribution in [2.24, 2.45) is 11.5 Å². The topological polar surface area (TPSA) is 204 Å². The summed E-state index contributed by atoms with van der Waals surface area (Å²) in [7, 11) is 0. The minimum atomic E-state index is -1.42. The van der Waals surface area contributed by atoms with E-state index in [-0.39, 0.29) is 55.2 Å². The molecule has 11 heteroatoms. The van der Waals surface area contributed by atoms with E-state index in [1.807, 2.05) is 0 Å². The number of carbonyl (C=O) groups is 4. The van der Waals surface area contributed by atoms with Gasteiger partial charge in [-0.25, -0.2) is 0 Å². The number of rotatable bonds is 8. The Morgan fingerprint density at radius 2 is 1.19 bits per heavy atom. The molecule has 10 nitrogen and oxygen atoms in total. The van der Waals surface area contributed by atoms with Crippen LogP contribution in [0.25, 0.3) is 0 Å². The normalized spacial score (nSPS) is 11.9. The monoisotopic (exact) mass is 316 g/mol. The van der Waals surface area contributed by atoms with Crippen molar-refractivity contribution in [1.82, 2.24) is 0 Å². The van der Waals surface area contributed by atoms with Crippen molar-refractivity contribution in [2.75, 3.05) is 0 Å². The van der Waals surface area contributed by atoms with E-state index in [9.17, 15) is 24.3 Å². The summed E-state index contributed by atoms with van der Waals surface area (Å²) in [4.78, 5) is 39.6. The Bertz CT molecular complexity index is 329. The Labute approximate surface area is 142 Å². The number of carboxylic acids is 4. The predicted octanol–water partition coefficient (Wildman–Crippen LogP) is -5.80. The number of aliphatic carboxylic acids is 4. The van der Waals surface area contributed by atoms with E-state index in [4.69, 9.17) is 26.8 Å². The molecule has 7 N–H and O–H groups in total. The zero-order valence-electron chi connectivity index (χ0n) is 11.5. The van der Waals surface area contributed by atoms with E-state index in [1.165, 1.54) is 0 Å². The summed E-state index contributed by atoms with van der Waals surface area (Å²) in [6, 6.07) is -2.23. The largest absolute Gasteiger partial charge is 1.00 e. The molecule has 0 aromatic carbocycles. The average Bonchev–Trinajstić information content (AvgIpc) is 2.33. The molecule has 2 atom stereocenters. The van der Waals surface area contributed by atoms with Gasteiger partial charge >= 0.3 is 47.5 Å². The number of nitrogens with two attached hydrogens (primary N) is 2. The second-order valence-corrected chi connectivity index (χ2v) is 3.74. The molecular formula is C10H17N2NaO8. The Balaban J connectivity index is -0.000000295. The van der Waals surface area contributed by atoms with Crippen LogP contribution in [0.1, 0.15) is 25.7 Å². The van der Waals surface area contributed by atoms with Crippen molar-refractivity contribution in [1.29, 1.82) is 0 Å². The average molecular weight is 316 g/mol. The Kier molecular flexibility index (Phi) is 16.3. The van der Waals surface area contributed by atoms with Gasteiger partial charge in [-0.1, -0.05) is 0 Å². The van der Waals surface area contributed by atoms with E-state index in [0.29, 0.717) is 0 Å². The summed E-state index contributed by atoms with van der Waals surface area (Å²) in [6.07, 6.45) is -0.551. The third-order valence-electron chi connectivity index (χ3n) is 1.96. The fourth-order valence-electron chi connectivity index (χ4n) is 0.799. The minimum Gasteiger partial charge on any atom is -0.548 e. The molecule has 0 radical (unpaired) electrons. The minimum absolute atomic E-state index is 0.